The first kappa shape index (κ1) is 13.8. The number of halogens is 1. The van der Waals surface area contributed by atoms with E-state index in [0.29, 0.717) is 23.7 Å². The van der Waals surface area contributed by atoms with E-state index in [9.17, 15) is 9.59 Å². The molecule has 1 aromatic rings. The van der Waals surface area contributed by atoms with E-state index in [1.165, 1.54) is 13.1 Å². The van der Waals surface area contributed by atoms with Gasteiger partial charge in [-0.05, 0) is 19.4 Å². The highest BCUT2D eigenvalue weighted by Crippen LogP contribution is 2.20. The third-order valence-electron chi connectivity index (χ3n) is 3.10. The number of aromatic nitrogens is 1. The molecule has 1 aliphatic heterocycles. The second kappa shape index (κ2) is 5.57. The van der Waals surface area contributed by atoms with Crippen LogP contribution < -0.4 is 5.32 Å². The minimum Gasteiger partial charge on any atom is -0.352 e. The Morgan fingerprint density at radius 1 is 1.53 bits per heavy atom. The van der Waals surface area contributed by atoms with Crippen LogP contribution in [-0.2, 0) is 4.79 Å². The first-order chi connectivity index (χ1) is 8.97. The molecule has 19 heavy (non-hydrogen) atoms. The van der Waals surface area contributed by atoms with Gasteiger partial charge in [0.1, 0.15) is 0 Å². The van der Waals surface area contributed by atoms with Crippen LogP contribution in [0, 0.1) is 6.92 Å². The molecule has 102 valence electrons. The highest BCUT2D eigenvalue weighted by Gasteiger charge is 2.28. The summed E-state index contributed by atoms with van der Waals surface area (Å²) < 4.78 is 0. The van der Waals surface area contributed by atoms with Crippen LogP contribution in [0.4, 0.5) is 0 Å². The Kier molecular flexibility index (Phi) is 4.04. The third kappa shape index (κ3) is 3.23. The predicted molar refractivity (Wildman–Crippen MR) is 72.1 cm³/mol. The summed E-state index contributed by atoms with van der Waals surface area (Å²) >= 11 is 6.07. The molecule has 0 saturated carbocycles. The van der Waals surface area contributed by atoms with Crippen molar-refractivity contribution >= 4 is 23.4 Å². The first-order valence-corrected chi connectivity index (χ1v) is 6.53. The van der Waals surface area contributed by atoms with Gasteiger partial charge in [0.05, 0.1) is 10.6 Å². The lowest BCUT2D eigenvalue weighted by Crippen LogP contribution is -2.37. The molecular formula is C13H16ClN3O2. The number of hydrogen-bond acceptors (Lipinski definition) is 3. The lowest BCUT2D eigenvalue weighted by Gasteiger charge is -2.17. The molecule has 2 rings (SSSR count). The molecule has 6 heteroatoms. The maximum absolute atomic E-state index is 12.3. The van der Waals surface area contributed by atoms with Gasteiger partial charge in [0.15, 0.2) is 0 Å². The summed E-state index contributed by atoms with van der Waals surface area (Å²) in [7, 11) is 0. The van der Waals surface area contributed by atoms with Crippen LogP contribution in [0.1, 0.15) is 29.4 Å². The van der Waals surface area contributed by atoms with E-state index in [1.54, 1.807) is 11.0 Å². The van der Waals surface area contributed by atoms with Crippen molar-refractivity contribution in [3.63, 3.8) is 0 Å². The van der Waals surface area contributed by atoms with Gasteiger partial charge in [-0.15, -0.1) is 0 Å². The van der Waals surface area contributed by atoms with Gasteiger partial charge in [-0.1, -0.05) is 11.6 Å². The fourth-order valence-corrected chi connectivity index (χ4v) is 2.49. The molecular weight excluding hydrogens is 266 g/mol. The van der Waals surface area contributed by atoms with E-state index < -0.39 is 0 Å². The Morgan fingerprint density at radius 3 is 2.89 bits per heavy atom. The minimum atomic E-state index is -0.134. The molecule has 1 unspecified atom stereocenters. The van der Waals surface area contributed by atoms with E-state index in [-0.39, 0.29) is 17.9 Å². The molecule has 1 aliphatic rings. The van der Waals surface area contributed by atoms with Crippen molar-refractivity contribution in [3.05, 3.63) is 28.5 Å². The fourth-order valence-electron chi connectivity index (χ4n) is 2.20. The van der Waals surface area contributed by atoms with E-state index in [0.717, 1.165) is 12.1 Å². The number of nitrogens with zero attached hydrogens (tertiary/aromatic N) is 2. The molecule has 0 spiro atoms. The quantitative estimate of drug-likeness (QED) is 0.891. The maximum atomic E-state index is 12.3. The monoisotopic (exact) mass is 281 g/mol. The number of hydrogen-bond donors (Lipinski definition) is 1. The molecule has 0 bridgehead atoms. The lowest BCUT2D eigenvalue weighted by molar-refractivity contribution is -0.119. The number of carbonyl (C=O) groups is 2. The highest BCUT2D eigenvalue weighted by molar-refractivity contribution is 6.33. The topological polar surface area (TPSA) is 62.3 Å². The van der Waals surface area contributed by atoms with Gasteiger partial charge in [-0.25, -0.2) is 0 Å². The molecule has 5 nitrogen and oxygen atoms in total. The predicted octanol–water partition coefficient (Wildman–Crippen LogP) is 1.39. The minimum absolute atomic E-state index is 0.0265. The summed E-state index contributed by atoms with van der Waals surface area (Å²) in [5.74, 6) is -0.209. The third-order valence-corrected chi connectivity index (χ3v) is 3.42. The van der Waals surface area contributed by atoms with Gasteiger partial charge < -0.3 is 10.2 Å². The first-order valence-electron chi connectivity index (χ1n) is 6.16. The largest absolute Gasteiger partial charge is 0.352 e. The van der Waals surface area contributed by atoms with Crippen LogP contribution in [0.5, 0.6) is 0 Å². The van der Waals surface area contributed by atoms with E-state index in [2.05, 4.69) is 10.3 Å². The Hall–Kier alpha value is -1.62. The Balaban J connectivity index is 2.07. The van der Waals surface area contributed by atoms with Gasteiger partial charge in [0, 0.05) is 37.9 Å². The van der Waals surface area contributed by atoms with Crippen LogP contribution in [-0.4, -0.2) is 40.8 Å². The molecule has 1 atom stereocenters. The zero-order chi connectivity index (χ0) is 14.0. The highest BCUT2D eigenvalue weighted by atomic mass is 35.5. The van der Waals surface area contributed by atoms with E-state index >= 15 is 0 Å². The number of pyridine rings is 1. The lowest BCUT2D eigenvalue weighted by atomic mass is 10.2. The van der Waals surface area contributed by atoms with Crippen LogP contribution in [0.2, 0.25) is 5.02 Å². The SMILES string of the molecule is CC(=O)NC1CCN(C(=O)c2cnc(C)cc2Cl)C1. The molecule has 2 heterocycles. The number of amides is 2. The molecule has 0 aromatic carbocycles. The number of carbonyl (C=O) groups excluding carboxylic acids is 2. The van der Waals surface area contributed by atoms with Crippen LogP contribution >= 0.6 is 11.6 Å². The van der Waals surface area contributed by atoms with Crippen LogP contribution in [0.3, 0.4) is 0 Å². The van der Waals surface area contributed by atoms with Crippen molar-refractivity contribution < 1.29 is 9.59 Å². The van der Waals surface area contributed by atoms with E-state index in [1.807, 2.05) is 6.92 Å². The van der Waals surface area contributed by atoms with Crippen LogP contribution in [0.15, 0.2) is 12.3 Å². The van der Waals surface area contributed by atoms with Crippen molar-refractivity contribution in [1.82, 2.24) is 15.2 Å². The molecule has 1 saturated heterocycles. The Labute approximate surface area is 117 Å². The Bertz CT molecular complexity index is 519. The number of likely N-dealkylation sites (tertiary alicyclic amines) is 1. The van der Waals surface area contributed by atoms with Gasteiger partial charge in [0.2, 0.25) is 5.91 Å². The van der Waals surface area contributed by atoms with Crippen molar-refractivity contribution in [2.45, 2.75) is 26.3 Å². The van der Waals surface area contributed by atoms with Crippen molar-refractivity contribution in [3.8, 4) is 0 Å². The number of rotatable bonds is 2. The van der Waals surface area contributed by atoms with Crippen molar-refractivity contribution in [2.24, 2.45) is 0 Å². The molecule has 1 aromatic heterocycles. The van der Waals surface area contributed by atoms with Gasteiger partial charge in [-0.3, -0.25) is 14.6 Å². The van der Waals surface area contributed by atoms with Crippen molar-refractivity contribution in [2.75, 3.05) is 13.1 Å². The molecule has 1 fully saturated rings. The molecule has 0 radical (unpaired) electrons. The molecule has 1 N–H and O–H groups in total. The number of nitrogens with one attached hydrogen (secondary N) is 1. The van der Waals surface area contributed by atoms with Gasteiger partial charge in [-0.2, -0.15) is 0 Å². The summed E-state index contributed by atoms with van der Waals surface area (Å²) in [6.45, 7) is 4.44. The molecule has 0 aliphatic carbocycles. The summed E-state index contributed by atoms with van der Waals surface area (Å²) in [6, 6.07) is 1.70. The van der Waals surface area contributed by atoms with E-state index in [4.69, 9.17) is 11.6 Å². The average molecular weight is 282 g/mol. The summed E-state index contributed by atoms with van der Waals surface area (Å²) in [5, 5.41) is 3.24. The second-order valence-electron chi connectivity index (χ2n) is 4.74. The van der Waals surface area contributed by atoms with Crippen molar-refractivity contribution in [1.29, 1.82) is 0 Å². The summed E-state index contributed by atoms with van der Waals surface area (Å²) in [4.78, 5) is 29.1. The fraction of sp³-hybridized carbons (Fsp3) is 0.462. The van der Waals surface area contributed by atoms with Crippen LogP contribution in [0.25, 0.3) is 0 Å². The smallest absolute Gasteiger partial charge is 0.257 e. The summed E-state index contributed by atoms with van der Waals surface area (Å²) in [5.41, 5.74) is 1.19. The zero-order valence-electron chi connectivity index (χ0n) is 10.9. The Morgan fingerprint density at radius 2 is 2.26 bits per heavy atom. The average Bonchev–Trinajstić information content (AvgIpc) is 2.75. The maximum Gasteiger partial charge on any atom is 0.257 e. The number of aryl methyl sites for hydroxylation is 1. The van der Waals surface area contributed by atoms with Gasteiger partial charge >= 0.3 is 0 Å². The molecule has 2 amide bonds. The normalized spacial score (nSPS) is 18.5. The second-order valence-corrected chi connectivity index (χ2v) is 5.15. The van der Waals surface area contributed by atoms with Gasteiger partial charge in [0.25, 0.3) is 5.91 Å². The zero-order valence-corrected chi connectivity index (χ0v) is 11.7. The standard InChI is InChI=1S/C13H16ClN3O2/c1-8-5-12(14)11(6-15-8)13(19)17-4-3-10(7-17)16-9(2)18/h5-6,10H,3-4,7H2,1-2H3,(H,16,18). The summed E-state index contributed by atoms with van der Waals surface area (Å²) in [6.07, 6.45) is 2.27.